The molecule has 0 atom stereocenters. The Morgan fingerprint density at radius 3 is 2.74 bits per heavy atom. The maximum atomic E-state index is 13.1. The monoisotopic (exact) mass is 521 g/mol. The molecule has 0 aliphatic carbocycles. The van der Waals surface area contributed by atoms with Gasteiger partial charge in [0.2, 0.25) is 0 Å². The van der Waals surface area contributed by atoms with E-state index in [1.807, 2.05) is 0 Å². The van der Waals surface area contributed by atoms with Crippen molar-refractivity contribution in [1.29, 1.82) is 0 Å². The number of hydrogen-bond donors (Lipinski definition) is 1. The van der Waals surface area contributed by atoms with E-state index >= 15 is 0 Å². The Morgan fingerprint density at radius 2 is 2.06 bits per heavy atom. The van der Waals surface area contributed by atoms with Gasteiger partial charge in [0.1, 0.15) is 12.1 Å². The van der Waals surface area contributed by atoms with E-state index in [0.717, 1.165) is 4.09 Å². The molecule has 0 aromatic carbocycles. The number of nitrogens with zero attached hydrogens (tertiary/aromatic N) is 6. The number of rotatable bonds is 7. The highest BCUT2D eigenvalue weighted by atomic mass is 32.2. The molecule has 0 spiro atoms. The zero-order chi connectivity index (χ0) is 24.7. The van der Waals surface area contributed by atoms with Gasteiger partial charge in [-0.3, -0.25) is 4.79 Å². The number of aromatic nitrogens is 5. The van der Waals surface area contributed by atoms with Crippen molar-refractivity contribution in [2.75, 3.05) is 23.7 Å². The van der Waals surface area contributed by atoms with Gasteiger partial charge in [-0.25, -0.2) is 22.4 Å². The summed E-state index contributed by atoms with van der Waals surface area (Å²) in [6, 6.07) is 1.63. The summed E-state index contributed by atoms with van der Waals surface area (Å²) in [5.74, 6) is -0.737. The standard InChI is InChI=1S/C18H19F4N7O3S2/c1-2-34(31,32)29-13-4-7-27(15-11-3-8-28(33-22)16(11)25-10-24-15)9-12(13)14(26-29)17(30)23-6-5-18(19,20)21/h3,8,10H,2,4-7,9H2,1H3,(H,23,30). The number of anilines is 1. The average molecular weight is 522 g/mol. The van der Waals surface area contributed by atoms with Gasteiger partial charge in [-0.05, 0) is 13.0 Å². The van der Waals surface area contributed by atoms with Crippen LogP contribution in [0.2, 0.25) is 0 Å². The molecule has 3 aromatic heterocycles. The van der Waals surface area contributed by atoms with Crippen LogP contribution >= 0.6 is 12.3 Å². The van der Waals surface area contributed by atoms with Gasteiger partial charge < -0.3 is 10.2 Å². The van der Waals surface area contributed by atoms with Crippen molar-refractivity contribution >= 4 is 45.1 Å². The third-order valence-corrected chi connectivity index (χ3v) is 7.36. The molecule has 0 saturated heterocycles. The molecule has 4 rings (SSSR count). The number of nitrogens with one attached hydrogen (secondary N) is 1. The van der Waals surface area contributed by atoms with Crippen LogP contribution < -0.4 is 10.2 Å². The van der Waals surface area contributed by atoms with Crippen molar-refractivity contribution in [1.82, 2.24) is 28.4 Å². The lowest BCUT2D eigenvalue weighted by molar-refractivity contribution is -0.133. The van der Waals surface area contributed by atoms with E-state index in [2.05, 4.69) is 20.4 Å². The average Bonchev–Trinajstić information content (AvgIpc) is 3.39. The van der Waals surface area contributed by atoms with E-state index in [9.17, 15) is 30.3 Å². The lowest BCUT2D eigenvalue weighted by Crippen LogP contribution is -2.34. The number of carbonyl (C=O) groups excluding carboxylic acids is 1. The van der Waals surface area contributed by atoms with Crippen molar-refractivity contribution in [3.8, 4) is 0 Å². The molecule has 1 aliphatic heterocycles. The summed E-state index contributed by atoms with van der Waals surface area (Å²) in [4.78, 5) is 22.8. The topological polar surface area (TPSA) is 115 Å². The fourth-order valence-corrected chi connectivity index (χ4v) is 5.03. The highest BCUT2D eigenvalue weighted by Crippen LogP contribution is 2.32. The second kappa shape index (κ2) is 9.05. The van der Waals surface area contributed by atoms with Gasteiger partial charge in [0, 0.05) is 37.8 Å². The number of alkyl halides is 3. The zero-order valence-electron chi connectivity index (χ0n) is 17.7. The van der Waals surface area contributed by atoms with Crippen LogP contribution in [0.1, 0.15) is 35.1 Å². The van der Waals surface area contributed by atoms with E-state index in [1.165, 1.54) is 23.4 Å². The molecule has 16 heteroatoms. The lowest BCUT2D eigenvalue weighted by Gasteiger charge is -2.29. The van der Waals surface area contributed by atoms with Crippen molar-refractivity contribution < 1.29 is 30.3 Å². The number of amides is 1. The molecule has 184 valence electrons. The quantitative estimate of drug-likeness (QED) is 0.472. The summed E-state index contributed by atoms with van der Waals surface area (Å²) in [7, 11) is -3.86. The highest BCUT2D eigenvalue weighted by Gasteiger charge is 2.33. The van der Waals surface area contributed by atoms with Crippen LogP contribution in [0.15, 0.2) is 18.6 Å². The molecular formula is C18H19F4N7O3S2. The van der Waals surface area contributed by atoms with Crippen LogP contribution in [0.4, 0.5) is 22.9 Å². The molecule has 4 heterocycles. The Labute approximate surface area is 195 Å². The zero-order valence-corrected chi connectivity index (χ0v) is 19.3. The third-order valence-electron chi connectivity index (χ3n) is 5.36. The van der Waals surface area contributed by atoms with Crippen LogP contribution in [0.25, 0.3) is 11.0 Å². The van der Waals surface area contributed by atoms with Crippen molar-refractivity contribution in [2.45, 2.75) is 32.5 Å². The first-order valence-electron chi connectivity index (χ1n) is 10.1. The van der Waals surface area contributed by atoms with E-state index < -0.39 is 35.1 Å². The molecule has 0 unspecified atom stereocenters. The molecule has 10 nitrogen and oxygen atoms in total. The summed E-state index contributed by atoms with van der Waals surface area (Å²) in [5.41, 5.74) is 0.638. The number of halogens is 4. The molecule has 1 amide bonds. The summed E-state index contributed by atoms with van der Waals surface area (Å²) in [5, 5.41) is 6.68. The van der Waals surface area contributed by atoms with Gasteiger partial charge >= 0.3 is 6.18 Å². The Morgan fingerprint density at radius 1 is 1.29 bits per heavy atom. The van der Waals surface area contributed by atoms with E-state index in [-0.39, 0.29) is 42.3 Å². The predicted octanol–water partition coefficient (Wildman–Crippen LogP) is 2.45. The minimum absolute atomic E-state index is 0.0245. The molecule has 1 aliphatic rings. The van der Waals surface area contributed by atoms with Gasteiger partial charge in [-0.2, -0.15) is 22.4 Å². The van der Waals surface area contributed by atoms with Crippen LogP contribution in [-0.4, -0.2) is 62.5 Å². The number of carbonyl (C=O) groups is 1. The first-order valence-corrected chi connectivity index (χ1v) is 12.4. The van der Waals surface area contributed by atoms with Gasteiger partial charge in [-0.1, -0.05) is 0 Å². The Balaban J connectivity index is 1.71. The van der Waals surface area contributed by atoms with Crippen LogP contribution in [0, 0.1) is 0 Å². The fraction of sp³-hybridized carbons (Fsp3) is 0.444. The summed E-state index contributed by atoms with van der Waals surface area (Å²) in [6.07, 6.45) is -2.77. The molecule has 0 saturated carbocycles. The van der Waals surface area contributed by atoms with Gasteiger partial charge in [0.05, 0.1) is 23.3 Å². The Bertz CT molecular complexity index is 1340. The summed E-state index contributed by atoms with van der Waals surface area (Å²) >= 11 is -0.0321. The molecule has 0 fully saturated rings. The van der Waals surface area contributed by atoms with E-state index in [0.29, 0.717) is 29.1 Å². The van der Waals surface area contributed by atoms with Crippen molar-refractivity contribution in [3.05, 3.63) is 35.5 Å². The van der Waals surface area contributed by atoms with E-state index in [1.54, 1.807) is 11.0 Å². The van der Waals surface area contributed by atoms with Crippen molar-refractivity contribution in [2.24, 2.45) is 0 Å². The van der Waals surface area contributed by atoms with E-state index in [4.69, 9.17) is 0 Å². The Hall–Kier alpha value is -2.88. The SMILES string of the molecule is CCS(=O)(=O)n1nc(C(=O)NCCC(F)(F)F)c2c1CCN(c1ncnc3c1ccn3SF)C2. The largest absolute Gasteiger partial charge is 0.390 e. The second-order valence-corrected chi connectivity index (χ2v) is 10.1. The second-order valence-electron chi connectivity index (χ2n) is 7.46. The first kappa shape index (κ1) is 24.3. The first-order chi connectivity index (χ1) is 16.1. The fourth-order valence-electron chi connectivity index (χ4n) is 3.73. The molecule has 1 N–H and O–H groups in total. The van der Waals surface area contributed by atoms with Crippen molar-refractivity contribution in [3.63, 3.8) is 0 Å². The predicted molar refractivity (Wildman–Crippen MR) is 116 cm³/mol. The smallest absolute Gasteiger partial charge is 0.351 e. The minimum atomic E-state index is -4.46. The summed E-state index contributed by atoms with van der Waals surface area (Å²) < 4.78 is 77.7. The Kier molecular flexibility index (Phi) is 6.46. The maximum Gasteiger partial charge on any atom is 0.390 e. The van der Waals surface area contributed by atoms with Gasteiger partial charge in [0.15, 0.2) is 23.7 Å². The number of hydrogen-bond acceptors (Lipinski definition) is 8. The maximum absolute atomic E-state index is 13.1. The molecular weight excluding hydrogens is 502 g/mol. The van der Waals surface area contributed by atoms with Crippen LogP contribution in [-0.2, 0) is 23.0 Å². The van der Waals surface area contributed by atoms with Gasteiger partial charge in [0.25, 0.3) is 15.9 Å². The number of fused-ring (bicyclic) bond motifs is 2. The third kappa shape index (κ3) is 4.55. The van der Waals surface area contributed by atoms with Crippen LogP contribution in [0.3, 0.4) is 0 Å². The highest BCUT2D eigenvalue weighted by molar-refractivity contribution is 7.92. The normalized spacial score (nSPS) is 14.4. The molecule has 3 aromatic rings. The molecule has 34 heavy (non-hydrogen) atoms. The van der Waals surface area contributed by atoms with Gasteiger partial charge in [-0.15, -0.1) is 3.89 Å². The summed E-state index contributed by atoms with van der Waals surface area (Å²) in [6.45, 7) is 1.09. The minimum Gasteiger partial charge on any atom is -0.351 e. The van der Waals surface area contributed by atoms with Crippen LogP contribution in [0.5, 0.6) is 0 Å². The molecule has 0 bridgehead atoms. The lowest BCUT2D eigenvalue weighted by atomic mass is 10.0. The molecule has 0 radical (unpaired) electrons.